The molecular formula is C22H22N4O2. The maximum atomic E-state index is 6.11. The van der Waals surface area contributed by atoms with Crippen LogP contribution in [-0.2, 0) is 0 Å². The number of rotatable bonds is 4. The molecule has 28 heavy (non-hydrogen) atoms. The van der Waals surface area contributed by atoms with E-state index in [1.54, 1.807) is 0 Å². The first-order chi connectivity index (χ1) is 13.4. The van der Waals surface area contributed by atoms with Crippen LogP contribution < -0.4 is 20.9 Å². The molecule has 0 spiro atoms. The molecule has 4 N–H and O–H groups in total. The second-order valence-corrected chi connectivity index (χ2v) is 6.87. The molecule has 2 aromatic carbocycles. The SMILES string of the molecule is Cc1cc(N)c2cc(OC(C)Oc3ccc4nc(C)cc(N)c4c3)ccc2n1. The highest BCUT2D eigenvalue weighted by molar-refractivity contribution is 5.92. The van der Waals surface area contributed by atoms with E-state index in [0.29, 0.717) is 22.9 Å². The van der Waals surface area contributed by atoms with Crippen LogP contribution in [0.1, 0.15) is 18.3 Å². The monoisotopic (exact) mass is 374 g/mol. The molecule has 0 aliphatic heterocycles. The Bertz CT molecular complexity index is 1100. The molecule has 6 heteroatoms. The number of hydrogen-bond donors (Lipinski definition) is 2. The minimum absolute atomic E-state index is 0.505. The molecule has 0 fully saturated rings. The van der Waals surface area contributed by atoms with Crippen LogP contribution in [0.5, 0.6) is 11.5 Å². The van der Waals surface area contributed by atoms with E-state index in [1.165, 1.54) is 0 Å². The van der Waals surface area contributed by atoms with Crippen molar-refractivity contribution in [2.24, 2.45) is 0 Å². The number of nitrogen functional groups attached to an aromatic ring is 2. The summed E-state index contributed by atoms with van der Waals surface area (Å²) in [6.07, 6.45) is -0.505. The lowest BCUT2D eigenvalue weighted by Crippen LogP contribution is -2.19. The van der Waals surface area contributed by atoms with Crippen LogP contribution in [0.25, 0.3) is 21.8 Å². The average molecular weight is 374 g/mol. The highest BCUT2D eigenvalue weighted by Gasteiger charge is 2.10. The molecular weight excluding hydrogens is 352 g/mol. The van der Waals surface area contributed by atoms with Crippen LogP contribution in [0.15, 0.2) is 48.5 Å². The average Bonchev–Trinajstić information content (AvgIpc) is 2.62. The predicted octanol–water partition coefficient (Wildman–Crippen LogP) is 4.37. The molecule has 2 heterocycles. The summed E-state index contributed by atoms with van der Waals surface area (Å²) >= 11 is 0. The number of aryl methyl sites for hydroxylation is 2. The molecule has 0 amide bonds. The fourth-order valence-corrected chi connectivity index (χ4v) is 3.29. The maximum absolute atomic E-state index is 6.11. The summed E-state index contributed by atoms with van der Waals surface area (Å²) in [6.45, 7) is 5.68. The Balaban J connectivity index is 1.55. The molecule has 4 rings (SSSR count). The lowest BCUT2D eigenvalue weighted by Gasteiger charge is -2.17. The molecule has 142 valence electrons. The van der Waals surface area contributed by atoms with Crippen molar-refractivity contribution < 1.29 is 9.47 Å². The number of aromatic nitrogens is 2. The van der Waals surface area contributed by atoms with Crippen molar-refractivity contribution in [1.82, 2.24) is 9.97 Å². The second-order valence-electron chi connectivity index (χ2n) is 6.87. The summed E-state index contributed by atoms with van der Waals surface area (Å²) < 4.78 is 11.8. The van der Waals surface area contributed by atoms with Gasteiger partial charge in [0.25, 0.3) is 0 Å². The largest absolute Gasteiger partial charge is 0.455 e. The van der Waals surface area contributed by atoms with E-state index in [9.17, 15) is 0 Å². The van der Waals surface area contributed by atoms with E-state index >= 15 is 0 Å². The lowest BCUT2D eigenvalue weighted by molar-refractivity contribution is 0.0225. The van der Waals surface area contributed by atoms with Gasteiger partial charge in [0.1, 0.15) is 11.5 Å². The summed E-state index contributed by atoms with van der Waals surface area (Å²) in [4.78, 5) is 8.97. The molecule has 0 radical (unpaired) electrons. The molecule has 6 nitrogen and oxygen atoms in total. The van der Waals surface area contributed by atoms with Gasteiger partial charge in [-0.15, -0.1) is 0 Å². The maximum Gasteiger partial charge on any atom is 0.238 e. The van der Waals surface area contributed by atoms with Crippen molar-refractivity contribution in [3.8, 4) is 11.5 Å². The fraction of sp³-hybridized carbons (Fsp3) is 0.182. The summed E-state index contributed by atoms with van der Waals surface area (Å²) in [5.41, 5.74) is 17.0. The second kappa shape index (κ2) is 6.88. The first-order valence-electron chi connectivity index (χ1n) is 9.06. The smallest absolute Gasteiger partial charge is 0.238 e. The summed E-state index contributed by atoms with van der Waals surface area (Å²) in [7, 11) is 0. The number of hydrogen-bond acceptors (Lipinski definition) is 6. The van der Waals surface area contributed by atoms with Crippen molar-refractivity contribution >= 4 is 33.2 Å². The third-order valence-corrected chi connectivity index (χ3v) is 4.48. The van der Waals surface area contributed by atoms with Gasteiger partial charge in [-0.2, -0.15) is 0 Å². The van der Waals surface area contributed by atoms with Gasteiger partial charge in [-0.3, -0.25) is 9.97 Å². The molecule has 0 bridgehead atoms. The quantitative estimate of drug-likeness (QED) is 0.515. The van der Waals surface area contributed by atoms with Crippen molar-refractivity contribution in [1.29, 1.82) is 0 Å². The molecule has 0 atom stereocenters. The van der Waals surface area contributed by atoms with Gasteiger partial charge in [0.2, 0.25) is 6.29 Å². The topological polar surface area (TPSA) is 96.3 Å². The van der Waals surface area contributed by atoms with Crippen molar-refractivity contribution in [3.05, 3.63) is 59.9 Å². The van der Waals surface area contributed by atoms with E-state index in [1.807, 2.05) is 69.3 Å². The molecule has 0 saturated heterocycles. The number of ether oxygens (including phenoxy) is 2. The van der Waals surface area contributed by atoms with Crippen LogP contribution >= 0.6 is 0 Å². The number of nitrogens with zero attached hydrogens (tertiary/aromatic N) is 2. The Labute approximate surface area is 163 Å². The first-order valence-corrected chi connectivity index (χ1v) is 9.06. The molecule has 0 aliphatic carbocycles. The number of nitrogens with two attached hydrogens (primary N) is 2. The van der Waals surface area contributed by atoms with E-state index in [-0.39, 0.29) is 0 Å². The minimum atomic E-state index is -0.505. The number of fused-ring (bicyclic) bond motifs is 2. The Morgan fingerprint density at radius 1 is 0.714 bits per heavy atom. The summed E-state index contributed by atoms with van der Waals surface area (Å²) in [6, 6.07) is 15.0. The Morgan fingerprint density at radius 2 is 1.14 bits per heavy atom. The number of anilines is 2. The van der Waals surface area contributed by atoms with E-state index in [2.05, 4.69) is 9.97 Å². The van der Waals surface area contributed by atoms with E-state index < -0.39 is 6.29 Å². The zero-order chi connectivity index (χ0) is 19.8. The van der Waals surface area contributed by atoms with Crippen molar-refractivity contribution in [3.63, 3.8) is 0 Å². The zero-order valence-electron chi connectivity index (χ0n) is 16.1. The van der Waals surface area contributed by atoms with Crippen LogP contribution in [-0.4, -0.2) is 16.3 Å². The summed E-state index contributed by atoms with van der Waals surface area (Å²) in [5.74, 6) is 1.32. The molecule has 0 unspecified atom stereocenters. The van der Waals surface area contributed by atoms with Crippen molar-refractivity contribution in [2.45, 2.75) is 27.1 Å². The van der Waals surface area contributed by atoms with Gasteiger partial charge >= 0.3 is 0 Å². The predicted molar refractivity (Wildman–Crippen MR) is 113 cm³/mol. The third kappa shape index (κ3) is 3.49. The van der Waals surface area contributed by atoms with Gasteiger partial charge in [0.05, 0.1) is 11.0 Å². The van der Waals surface area contributed by atoms with Gasteiger partial charge in [-0.1, -0.05) is 0 Å². The molecule has 4 aromatic rings. The fourth-order valence-electron chi connectivity index (χ4n) is 3.29. The van der Waals surface area contributed by atoms with Gasteiger partial charge < -0.3 is 20.9 Å². The highest BCUT2D eigenvalue weighted by atomic mass is 16.7. The van der Waals surface area contributed by atoms with Gasteiger partial charge in [-0.25, -0.2) is 0 Å². The Morgan fingerprint density at radius 3 is 1.57 bits per heavy atom. The van der Waals surface area contributed by atoms with E-state index in [0.717, 1.165) is 33.2 Å². The van der Waals surface area contributed by atoms with Crippen molar-refractivity contribution in [2.75, 3.05) is 11.5 Å². The number of pyridine rings is 2. The van der Waals surface area contributed by atoms with Crippen LogP contribution in [0.4, 0.5) is 11.4 Å². The van der Waals surface area contributed by atoms with E-state index in [4.69, 9.17) is 20.9 Å². The highest BCUT2D eigenvalue weighted by Crippen LogP contribution is 2.28. The Kier molecular flexibility index (Phi) is 4.39. The third-order valence-electron chi connectivity index (χ3n) is 4.48. The molecule has 0 aliphatic rings. The van der Waals surface area contributed by atoms with Crippen LogP contribution in [0.2, 0.25) is 0 Å². The van der Waals surface area contributed by atoms with Gasteiger partial charge in [0, 0.05) is 40.5 Å². The number of benzene rings is 2. The van der Waals surface area contributed by atoms with Gasteiger partial charge in [-0.05, 0) is 62.4 Å². The van der Waals surface area contributed by atoms with Crippen LogP contribution in [0.3, 0.4) is 0 Å². The Hall–Kier alpha value is -3.54. The normalized spacial score (nSPS) is 11.3. The molecule has 0 saturated carbocycles. The minimum Gasteiger partial charge on any atom is -0.455 e. The molecule has 2 aromatic heterocycles. The standard InChI is InChI=1S/C22H22N4O2/c1-12-8-19(23)17-10-15(4-6-21(17)25-12)27-14(3)28-16-5-7-22-18(11-16)20(24)9-13(2)26-22/h4-11,14H,1-3H3,(H2,23,25)(H2,24,26). The van der Waals surface area contributed by atoms with Gasteiger partial charge in [0.15, 0.2) is 0 Å². The lowest BCUT2D eigenvalue weighted by atomic mass is 10.1. The van der Waals surface area contributed by atoms with Crippen LogP contribution in [0, 0.1) is 13.8 Å². The summed E-state index contributed by atoms with van der Waals surface area (Å²) in [5, 5.41) is 1.71. The zero-order valence-corrected chi connectivity index (χ0v) is 16.1. The first kappa shape index (κ1) is 17.9.